The fourth-order valence-electron chi connectivity index (χ4n) is 2.53. The Kier molecular flexibility index (Phi) is 6.50. The second-order valence-corrected chi connectivity index (χ2v) is 7.06. The molecule has 0 bridgehead atoms. The Balaban J connectivity index is 1.98. The van der Waals surface area contributed by atoms with Crippen molar-refractivity contribution in [2.75, 3.05) is 18.4 Å². The first kappa shape index (κ1) is 21.1. The van der Waals surface area contributed by atoms with Crippen molar-refractivity contribution in [2.45, 2.75) is 33.8 Å². The maximum atomic E-state index is 12.2. The lowest BCUT2D eigenvalue weighted by Gasteiger charge is -2.16. The Morgan fingerprint density at radius 3 is 2.07 bits per heavy atom. The number of rotatable bonds is 7. The number of nitrogens with zero attached hydrogens (tertiary/aromatic N) is 2. The maximum Gasteiger partial charge on any atom is 0.338 e. The summed E-state index contributed by atoms with van der Waals surface area (Å²) in [6.45, 7) is 6.62. The normalized spacial score (nSPS) is 14.3. The molecule has 0 saturated carbocycles. The molecule has 1 aliphatic heterocycles. The minimum atomic E-state index is -1.02. The van der Waals surface area contributed by atoms with Gasteiger partial charge in [-0.25, -0.2) is 14.5 Å². The Morgan fingerprint density at radius 1 is 0.964 bits per heavy atom. The molecule has 9 heteroatoms. The van der Waals surface area contributed by atoms with Crippen LogP contribution in [0.1, 0.15) is 38.1 Å². The number of nitrogens with one attached hydrogen (secondary N) is 1. The van der Waals surface area contributed by atoms with Gasteiger partial charge in [-0.3, -0.25) is 19.3 Å². The Labute approximate surface area is 162 Å². The van der Waals surface area contributed by atoms with E-state index in [-0.39, 0.29) is 18.6 Å². The fraction of sp³-hybridized carbons (Fsp3) is 0.421. The number of hydrogen-bond donors (Lipinski definition) is 1. The van der Waals surface area contributed by atoms with Crippen molar-refractivity contribution < 1.29 is 28.7 Å². The van der Waals surface area contributed by atoms with Crippen LogP contribution in [-0.2, 0) is 19.1 Å². The van der Waals surface area contributed by atoms with Crippen molar-refractivity contribution in [2.24, 2.45) is 5.92 Å². The monoisotopic (exact) mass is 389 g/mol. The van der Waals surface area contributed by atoms with Gasteiger partial charge in [-0.15, -0.1) is 0 Å². The second-order valence-electron chi connectivity index (χ2n) is 7.06. The highest BCUT2D eigenvalue weighted by Gasteiger charge is 2.45. The molecule has 0 spiro atoms. The van der Waals surface area contributed by atoms with Crippen molar-refractivity contribution in [1.82, 2.24) is 9.80 Å². The van der Waals surface area contributed by atoms with Gasteiger partial charge >= 0.3 is 23.8 Å². The minimum absolute atomic E-state index is 0.00428. The Morgan fingerprint density at radius 2 is 1.54 bits per heavy atom. The number of imide groups is 2. The second kappa shape index (κ2) is 8.64. The van der Waals surface area contributed by atoms with Crippen LogP contribution in [0.2, 0.25) is 0 Å². The number of hydrogen-bond acceptors (Lipinski definition) is 6. The number of carbonyl (C=O) groups is 5. The molecular weight excluding hydrogens is 366 g/mol. The highest BCUT2D eigenvalue weighted by molar-refractivity contribution is 6.45. The lowest BCUT2D eigenvalue weighted by molar-refractivity contribution is -0.143. The first-order valence-corrected chi connectivity index (χ1v) is 8.88. The quantitative estimate of drug-likeness (QED) is 0.431. The highest BCUT2D eigenvalue weighted by atomic mass is 16.5. The average molecular weight is 389 g/mol. The van der Waals surface area contributed by atoms with E-state index in [0.29, 0.717) is 16.2 Å². The Bertz CT molecular complexity index is 800. The Hall–Kier alpha value is -3.23. The van der Waals surface area contributed by atoms with Crippen molar-refractivity contribution >= 4 is 35.4 Å². The van der Waals surface area contributed by atoms with Crippen LogP contribution < -0.4 is 5.32 Å². The number of ether oxygens (including phenoxy) is 1. The molecule has 0 radical (unpaired) electrons. The molecule has 5 amide bonds. The van der Waals surface area contributed by atoms with Gasteiger partial charge in [0.15, 0.2) is 0 Å². The van der Waals surface area contributed by atoms with E-state index in [1.54, 1.807) is 27.7 Å². The van der Waals surface area contributed by atoms with E-state index < -0.39 is 36.3 Å². The van der Waals surface area contributed by atoms with Gasteiger partial charge in [0.25, 0.3) is 0 Å². The summed E-state index contributed by atoms with van der Waals surface area (Å²) in [7, 11) is 0. The van der Waals surface area contributed by atoms with Crippen LogP contribution in [0.3, 0.4) is 0 Å². The lowest BCUT2D eigenvalue weighted by atomic mass is 10.2. The molecule has 9 nitrogen and oxygen atoms in total. The van der Waals surface area contributed by atoms with Gasteiger partial charge in [-0.05, 0) is 44.0 Å². The smallest absolute Gasteiger partial charge is 0.338 e. The van der Waals surface area contributed by atoms with Crippen molar-refractivity contribution in [3.05, 3.63) is 29.8 Å². The average Bonchev–Trinajstić information content (AvgIpc) is 2.79. The molecule has 1 saturated heterocycles. The molecule has 0 atom stereocenters. The zero-order chi connectivity index (χ0) is 21.0. The molecule has 150 valence electrons. The van der Waals surface area contributed by atoms with Crippen LogP contribution in [0.4, 0.5) is 10.5 Å². The van der Waals surface area contributed by atoms with Gasteiger partial charge in [0.05, 0.1) is 11.7 Å². The third-order valence-electron chi connectivity index (χ3n) is 3.73. The van der Waals surface area contributed by atoms with E-state index in [2.05, 4.69) is 5.32 Å². The number of carbonyl (C=O) groups excluding carboxylic acids is 5. The van der Waals surface area contributed by atoms with Gasteiger partial charge in [0.1, 0.15) is 6.54 Å². The molecule has 0 unspecified atom stereocenters. The SMILES string of the molecule is CC(C)CN1C(=O)C(=O)N(CC(=O)Nc2ccc(C(=O)OC(C)C)cc2)C1=O. The number of esters is 1. The van der Waals surface area contributed by atoms with Gasteiger partial charge < -0.3 is 10.1 Å². The van der Waals surface area contributed by atoms with Crippen LogP contribution >= 0.6 is 0 Å². The van der Waals surface area contributed by atoms with Gasteiger partial charge in [0, 0.05) is 12.2 Å². The third-order valence-corrected chi connectivity index (χ3v) is 3.73. The molecule has 2 rings (SSSR count). The van der Waals surface area contributed by atoms with E-state index in [4.69, 9.17) is 4.74 Å². The summed E-state index contributed by atoms with van der Waals surface area (Å²) in [6, 6.07) is 5.17. The number of urea groups is 1. The van der Waals surface area contributed by atoms with Crippen molar-refractivity contribution in [1.29, 1.82) is 0 Å². The minimum Gasteiger partial charge on any atom is -0.459 e. The van der Waals surface area contributed by atoms with Gasteiger partial charge in [0.2, 0.25) is 5.91 Å². The lowest BCUT2D eigenvalue weighted by Crippen LogP contribution is -2.39. The van der Waals surface area contributed by atoms with Crippen molar-refractivity contribution in [3.63, 3.8) is 0 Å². The zero-order valence-electron chi connectivity index (χ0n) is 16.2. The van der Waals surface area contributed by atoms with Crippen LogP contribution in [0, 0.1) is 5.92 Å². The first-order chi connectivity index (χ1) is 13.1. The zero-order valence-corrected chi connectivity index (χ0v) is 16.2. The molecule has 28 heavy (non-hydrogen) atoms. The highest BCUT2D eigenvalue weighted by Crippen LogP contribution is 2.15. The molecular formula is C19H23N3O6. The molecule has 1 heterocycles. The molecule has 1 aliphatic rings. The number of benzene rings is 1. The molecule has 0 aromatic heterocycles. The van der Waals surface area contributed by atoms with E-state index in [9.17, 15) is 24.0 Å². The topological polar surface area (TPSA) is 113 Å². The van der Waals surface area contributed by atoms with E-state index in [1.165, 1.54) is 24.3 Å². The number of amides is 5. The summed E-state index contributed by atoms with van der Waals surface area (Å²) in [6.07, 6.45) is -0.250. The molecule has 1 N–H and O–H groups in total. The summed E-state index contributed by atoms with van der Waals surface area (Å²) in [4.78, 5) is 61.6. The molecule has 1 aromatic rings. The summed E-state index contributed by atoms with van der Waals surface area (Å²) >= 11 is 0. The summed E-state index contributed by atoms with van der Waals surface area (Å²) in [5.74, 6) is -3.08. The molecule has 0 aliphatic carbocycles. The predicted molar refractivity (Wildman–Crippen MR) is 99.3 cm³/mol. The van der Waals surface area contributed by atoms with E-state index in [1.807, 2.05) is 0 Å². The van der Waals surface area contributed by atoms with E-state index in [0.717, 1.165) is 4.90 Å². The summed E-state index contributed by atoms with van der Waals surface area (Å²) < 4.78 is 5.07. The first-order valence-electron chi connectivity index (χ1n) is 8.88. The molecule has 1 aromatic carbocycles. The third kappa shape index (κ3) is 4.93. The largest absolute Gasteiger partial charge is 0.459 e. The predicted octanol–water partition coefficient (Wildman–Crippen LogP) is 1.64. The fourth-order valence-corrected chi connectivity index (χ4v) is 2.53. The van der Waals surface area contributed by atoms with Gasteiger partial charge in [-0.1, -0.05) is 13.8 Å². The van der Waals surface area contributed by atoms with Crippen LogP contribution in [0.15, 0.2) is 24.3 Å². The number of anilines is 1. The molecule has 1 fully saturated rings. The van der Waals surface area contributed by atoms with Crippen LogP contribution in [0.5, 0.6) is 0 Å². The summed E-state index contributed by atoms with van der Waals surface area (Å²) in [5.41, 5.74) is 0.696. The van der Waals surface area contributed by atoms with E-state index >= 15 is 0 Å². The van der Waals surface area contributed by atoms with Crippen molar-refractivity contribution in [3.8, 4) is 0 Å². The maximum absolute atomic E-state index is 12.2. The summed E-state index contributed by atoms with van der Waals surface area (Å²) in [5, 5.41) is 2.52. The van der Waals surface area contributed by atoms with Crippen LogP contribution in [0.25, 0.3) is 0 Å². The van der Waals surface area contributed by atoms with Crippen LogP contribution in [-0.4, -0.2) is 58.7 Å². The van der Waals surface area contributed by atoms with Gasteiger partial charge in [-0.2, -0.15) is 0 Å². The standard InChI is InChI=1S/C19H23N3O6/c1-11(2)9-21-16(24)17(25)22(19(21)27)10-15(23)20-14-7-5-13(6-8-14)18(26)28-12(3)4/h5-8,11-12H,9-10H2,1-4H3,(H,20,23).